The van der Waals surface area contributed by atoms with Crippen LogP contribution in [0.4, 0.5) is 14.5 Å². The molecule has 0 radical (unpaired) electrons. The maximum absolute atomic E-state index is 14.0. The van der Waals surface area contributed by atoms with Gasteiger partial charge in [0.2, 0.25) is 15.9 Å². The fraction of sp³-hybridized carbons (Fsp3) is 0.409. The van der Waals surface area contributed by atoms with E-state index in [-0.39, 0.29) is 10.5 Å². The van der Waals surface area contributed by atoms with Crippen LogP contribution in [0.5, 0.6) is 0 Å². The smallest absolute Gasteiger partial charge is 0.243 e. The zero-order valence-corrected chi connectivity index (χ0v) is 19.2. The van der Waals surface area contributed by atoms with Gasteiger partial charge < -0.3 is 5.32 Å². The predicted molar refractivity (Wildman–Crippen MR) is 117 cm³/mol. The number of rotatable bonds is 9. The molecule has 2 rings (SSSR count). The van der Waals surface area contributed by atoms with Crippen molar-refractivity contribution in [1.82, 2.24) is 9.62 Å². The van der Waals surface area contributed by atoms with Crippen LogP contribution < -0.4 is 10.6 Å². The molecule has 2 aromatic carbocycles. The largest absolute Gasteiger partial charge is 0.325 e. The lowest BCUT2D eigenvalue weighted by Gasteiger charge is -2.22. The van der Waals surface area contributed by atoms with Gasteiger partial charge in [-0.2, -0.15) is 4.31 Å². The maximum Gasteiger partial charge on any atom is 0.243 e. The third-order valence-corrected chi connectivity index (χ3v) is 7.29. The van der Waals surface area contributed by atoms with E-state index in [1.165, 1.54) is 16.4 Å². The summed E-state index contributed by atoms with van der Waals surface area (Å²) in [6.07, 6.45) is 0. The number of hydrogen-bond donors (Lipinski definition) is 2. The topological polar surface area (TPSA) is 78.5 Å². The Morgan fingerprint density at radius 2 is 1.71 bits per heavy atom. The summed E-state index contributed by atoms with van der Waals surface area (Å²) in [6.45, 7) is 9.18. The van der Waals surface area contributed by atoms with Crippen LogP contribution in [0.25, 0.3) is 0 Å². The first-order valence-electron chi connectivity index (χ1n) is 10.1. The molecule has 0 bridgehead atoms. The van der Waals surface area contributed by atoms with E-state index in [0.29, 0.717) is 24.3 Å². The monoisotopic (exact) mass is 453 g/mol. The van der Waals surface area contributed by atoms with Crippen molar-refractivity contribution in [3.8, 4) is 0 Å². The first-order chi connectivity index (χ1) is 14.5. The van der Waals surface area contributed by atoms with Crippen molar-refractivity contribution in [1.29, 1.82) is 0 Å². The highest BCUT2D eigenvalue weighted by Crippen LogP contribution is 2.24. The van der Waals surface area contributed by atoms with E-state index in [4.69, 9.17) is 0 Å². The molecule has 2 N–H and O–H groups in total. The van der Waals surface area contributed by atoms with Gasteiger partial charge in [0.1, 0.15) is 11.6 Å². The molecule has 0 saturated carbocycles. The Hall–Kier alpha value is -2.36. The number of carbonyl (C=O) groups excluding carboxylic acids is 1. The minimum absolute atomic E-state index is 0.136. The fourth-order valence-electron chi connectivity index (χ4n) is 3.30. The second-order valence-electron chi connectivity index (χ2n) is 7.33. The Morgan fingerprint density at radius 1 is 1.06 bits per heavy atom. The van der Waals surface area contributed by atoms with Gasteiger partial charge in [0.05, 0.1) is 10.9 Å². The Balaban J connectivity index is 2.16. The van der Waals surface area contributed by atoms with Crippen molar-refractivity contribution >= 4 is 21.6 Å². The number of amides is 1. The predicted octanol–water partition coefficient (Wildman–Crippen LogP) is 3.98. The van der Waals surface area contributed by atoms with E-state index >= 15 is 0 Å². The minimum Gasteiger partial charge on any atom is -0.325 e. The summed E-state index contributed by atoms with van der Waals surface area (Å²) < 4.78 is 54.2. The lowest BCUT2D eigenvalue weighted by Crippen LogP contribution is -2.39. The average Bonchev–Trinajstić information content (AvgIpc) is 2.69. The number of carbonyl (C=O) groups is 1. The molecule has 2 atom stereocenters. The molecule has 9 heteroatoms. The molecule has 2 aromatic rings. The average molecular weight is 454 g/mol. The van der Waals surface area contributed by atoms with Crippen LogP contribution in [-0.4, -0.2) is 37.8 Å². The summed E-state index contributed by atoms with van der Waals surface area (Å²) >= 11 is 0. The summed E-state index contributed by atoms with van der Waals surface area (Å²) in [5, 5.41) is 5.67. The van der Waals surface area contributed by atoms with Crippen molar-refractivity contribution in [3.63, 3.8) is 0 Å². The van der Waals surface area contributed by atoms with E-state index in [0.717, 1.165) is 12.1 Å². The van der Waals surface area contributed by atoms with Gasteiger partial charge in [-0.1, -0.05) is 26.0 Å². The summed E-state index contributed by atoms with van der Waals surface area (Å²) in [4.78, 5) is 12.8. The first-order valence-corrected chi connectivity index (χ1v) is 11.6. The number of halogens is 2. The Bertz CT molecular complexity index is 1040. The molecule has 0 unspecified atom stereocenters. The Kier molecular flexibility index (Phi) is 8.27. The zero-order chi connectivity index (χ0) is 23.3. The van der Waals surface area contributed by atoms with E-state index < -0.39 is 39.6 Å². The molecular formula is C22H29F2N3O3S. The van der Waals surface area contributed by atoms with Crippen LogP contribution in [0.2, 0.25) is 0 Å². The standard InChI is InChI=1S/C22H29F2N3O3S/c1-6-27(7-2)31(29,30)21-13-18(10-8-14(21)3)26-22(28)16(5)25-15(4)19-11-9-17(23)12-20(19)24/h8-13,15-16,25H,6-7H2,1-5H3,(H,26,28)/t15-,16-/m1/s1. The van der Waals surface area contributed by atoms with Crippen molar-refractivity contribution in [3.05, 3.63) is 59.2 Å². The van der Waals surface area contributed by atoms with Gasteiger partial charge >= 0.3 is 0 Å². The molecule has 0 spiro atoms. The van der Waals surface area contributed by atoms with Gasteiger partial charge in [0.15, 0.2) is 0 Å². The lowest BCUT2D eigenvalue weighted by molar-refractivity contribution is -0.117. The van der Waals surface area contributed by atoms with Gasteiger partial charge in [-0.25, -0.2) is 17.2 Å². The van der Waals surface area contributed by atoms with Crippen molar-refractivity contribution in [2.75, 3.05) is 18.4 Å². The number of anilines is 1. The molecule has 6 nitrogen and oxygen atoms in total. The number of aryl methyl sites for hydroxylation is 1. The van der Waals surface area contributed by atoms with Gasteiger partial charge in [-0.15, -0.1) is 0 Å². The van der Waals surface area contributed by atoms with Crippen LogP contribution in [0.1, 0.15) is 44.9 Å². The van der Waals surface area contributed by atoms with Crippen LogP contribution in [0.3, 0.4) is 0 Å². The first kappa shape index (κ1) is 24.9. The number of nitrogens with zero attached hydrogens (tertiary/aromatic N) is 1. The lowest BCUT2D eigenvalue weighted by atomic mass is 10.1. The molecule has 0 aromatic heterocycles. The molecule has 0 aliphatic carbocycles. The van der Waals surface area contributed by atoms with E-state index in [2.05, 4.69) is 10.6 Å². The second-order valence-corrected chi connectivity index (χ2v) is 9.24. The number of sulfonamides is 1. The summed E-state index contributed by atoms with van der Waals surface area (Å²) in [6, 6.07) is 6.73. The third-order valence-electron chi connectivity index (χ3n) is 5.10. The Morgan fingerprint density at radius 3 is 2.29 bits per heavy atom. The Labute approximate surface area is 182 Å². The van der Waals surface area contributed by atoms with E-state index in [1.54, 1.807) is 46.8 Å². The zero-order valence-electron chi connectivity index (χ0n) is 18.4. The molecule has 0 saturated heterocycles. The highest BCUT2D eigenvalue weighted by Gasteiger charge is 2.25. The van der Waals surface area contributed by atoms with Crippen LogP contribution in [0, 0.1) is 18.6 Å². The molecule has 170 valence electrons. The molecule has 31 heavy (non-hydrogen) atoms. The van der Waals surface area contributed by atoms with Crippen molar-refractivity contribution in [2.45, 2.75) is 51.6 Å². The molecule has 0 heterocycles. The molecular weight excluding hydrogens is 424 g/mol. The summed E-state index contributed by atoms with van der Waals surface area (Å²) in [5.41, 5.74) is 1.16. The minimum atomic E-state index is -3.68. The van der Waals surface area contributed by atoms with Crippen molar-refractivity contribution in [2.24, 2.45) is 0 Å². The van der Waals surface area contributed by atoms with E-state index in [1.807, 2.05) is 0 Å². The summed E-state index contributed by atoms with van der Waals surface area (Å²) in [7, 11) is -3.68. The SMILES string of the molecule is CCN(CC)S(=O)(=O)c1cc(NC(=O)[C@@H](C)N[C@H](C)c2ccc(F)cc2F)ccc1C. The molecule has 0 fully saturated rings. The normalized spacial score (nSPS) is 13.8. The van der Waals surface area contributed by atoms with Gasteiger partial charge in [0, 0.05) is 36.4 Å². The molecule has 1 amide bonds. The second kappa shape index (κ2) is 10.3. The summed E-state index contributed by atoms with van der Waals surface area (Å²) in [5.74, 6) is -1.78. The number of benzene rings is 2. The highest BCUT2D eigenvalue weighted by molar-refractivity contribution is 7.89. The molecule has 0 aliphatic heterocycles. The van der Waals surface area contributed by atoms with Gasteiger partial charge in [-0.05, 0) is 44.5 Å². The van der Waals surface area contributed by atoms with Crippen LogP contribution in [-0.2, 0) is 14.8 Å². The van der Waals surface area contributed by atoms with Crippen molar-refractivity contribution < 1.29 is 22.0 Å². The van der Waals surface area contributed by atoms with Gasteiger partial charge in [-0.3, -0.25) is 10.1 Å². The highest BCUT2D eigenvalue weighted by atomic mass is 32.2. The number of hydrogen-bond acceptors (Lipinski definition) is 4. The third kappa shape index (κ3) is 5.87. The number of nitrogens with one attached hydrogen (secondary N) is 2. The van der Waals surface area contributed by atoms with Crippen LogP contribution in [0.15, 0.2) is 41.3 Å². The fourth-order valence-corrected chi connectivity index (χ4v) is 5.01. The van der Waals surface area contributed by atoms with E-state index in [9.17, 15) is 22.0 Å². The maximum atomic E-state index is 14.0. The van der Waals surface area contributed by atoms with Gasteiger partial charge in [0.25, 0.3) is 0 Å². The van der Waals surface area contributed by atoms with Crippen LogP contribution >= 0.6 is 0 Å². The quantitative estimate of drug-likeness (QED) is 0.602. The molecule has 0 aliphatic rings.